The Bertz CT molecular complexity index is 541. The van der Waals surface area contributed by atoms with Crippen molar-refractivity contribution in [2.45, 2.75) is 50.7 Å². The molecular formula is C11H18ClN3O3S. The Morgan fingerprint density at radius 3 is 2.63 bits per heavy atom. The van der Waals surface area contributed by atoms with Crippen LogP contribution in [0.25, 0.3) is 0 Å². The average molecular weight is 308 g/mol. The molecular weight excluding hydrogens is 290 g/mol. The fourth-order valence-corrected chi connectivity index (χ4v) is 2.32. The zero-order valence-corrected chi connectivity index (χ0v) is 12.7. The van der Waals surface area contributed by atoms with E-state index in [2.05, 4.69) is 10.3 Å². The summed E-state index contributed by atoms with van der Waals surface area (Å²) in [5, 5.41) is 2.60. The third-order valence-corrected chi connectivity index (χ3v) is 3.95. The number of halogens is 1. The van der Waals surface area contributed by atoms with Gasteiger partial charge in [-0.25, -0.2) is 13.4 Å². The number of nitrogens with one attached hydrogen (secondary N) is 1. The highest BCUT2D eigenvalue weighted by atomic mass is 35.7. The van der Waals surface area contributed by atoms with Gasteiger partial charge in [0.1, 0.15) is 6.04 Å². The van der Waals surface area contributed by atoms with Gasteiger partial charge >= 0.3 is 0 Å². The van der Waals surface area contributed by atoms with Crippen molar-refractivity contribution in [3.8, 4) is 0 Å². The summed E-state index contributed by atoms with van der Waals surface area (Å²) < 4.78 is 23.6. The van der Waals surface area contributed by atoms with Crippen LogP contribution in [-0.4, -0.2) is 29.9 Å². The van der Waals surface area contributed by atoms with E-state index in [1.807, 2.05) is 13.8 Å². The van der Waals surface area contributed by atoms with Crippen molar-refractivity contribution in [2.24, 2.45) is 0 Å². The highest BCUT2D eigenvalue weighted by Crippen LogP contribution is 2.15. The Labute approximate surface area is 117 Å². The molecule has 19 heavy (non-hydrogen) atoms. The second-order valence-electron chi connectivity index (χ2n) is 4.47. The van der Waals surface area contributed by atoms with E-state index in [1.165, 1.54) is 17.1 Å². The third-order valence-electron chi connectivity index (χ3n) is 2.76. The second kappa shape index (κ2) is 6.38. The predicted molar refractivity (Wildman–Crippen MR) is 72.5 cm³/mol. The number of hydrogen-bond acceptors (Lipinski definition) is 4. The average Bonchev–Trinajstić information content (AvgIpc) is 2.76. The first kappa shape index (κ1) is 16.0. The number of carbonyl (C=O) groups excluding carboxylic acids is 1. The van der Waals surface area contributed by atoms with Crippen molar-refractivity contribution in [3.63, 3.8) is 0 Å². The number of aromatic nitrogens is 2. The van der Waals surface area contributed by atoms with Crippen LogP contribution in [-0.2, 0) is 13.8 Å². The van der Waals surface area contributed by atoms with Crippen molar-refractivity contribution >= 4 is 25.6 Å². The molecule has 1 rings (SSSR count). The van der Waals surface area contributed by atoms with Gasteiger partial charge in [0.2, 0.25) is 5.91 Å². The van der Waals surface area contributed by atoms with Crippen molar-refractivity contribution < 1.29 is 13.2 Å². The molecule has 1 N–H and O–H groups in total. The summed E-state index contributed by atoms with van der Waals surface area (Å²) in [6, 6.07) is -0.460. The minimum absolute atomic E-state index is 0.0831. The molecule has 0 aliphatic rings. The first-order valence-electron chi connectivity index (χ1n) is 6.04. The lowest BCUT2D eigenvalue weighted by Crippen LogP contribution is -2.37. The van der Waals surface area contributed by atoms with E-state index in [0.29, 0.717) is 0 Å². The first-order valence-corrected chi connectivity index (χ1v) is 8.35. The largest absolute Gasteiger partial charge is 0.352 e. The van der Waals surface area contributed by atoms with Gasteiger partial charge in [-0.15, -0.1) is 0 Å². The van der Waals surface area contributed by atoms with Crippen LogP contribution in [0.5, 0.6) is 0 Å². The summed E-state index contributed by atoms with van der Waals surface area (Å²) in [7, 11) is 1.31. The van der Waals surface area contributed by atoms with E-state index in [0.717, 1.165) is 12.8 Å². The number of carbonyl (C=O) groups is 1. The molecule has 1 amide bonds. The van der Waals surface area contributed by atoms with Crippen molar-refractivity contribution in [2.75, 3.05) is 0 Å². The van der Waals surface area contributed by atoms with Gasteiger partial charge in [-0.05, 0) is 20.3 Å². The Morgan fingerprint density at radius 1 is 1.53 bits per heavy atom. The summed E-state index contributed by atoms with van der Waals surface area (Å²) in [4.78, 5) is 15.6. The summed E-state index contributed by atoms with van der Waals surface area (Å²) in [6.45, 7) is 5.64. The Morgan fingerprint density at radius 2 is 2.16 bits per heavy atom. The Balaban J connectivity index is 2.75. The van der Waals surface area contributed by atoms with Crippen LogP contribution in [0.2, 0.25) is 0 Å². The van der Waals surface area contributed by atoms with Gasteiger partial charge in [-0.3, -0.25) is 4.79 Å². The van der Waals surface area contributed by atoms with Crippen LogP contribution in [0.4, 0.5) is 0 Å². The van der Waals surface area contributed by atoms with Gasteiger partial charge in [0.15, 0.2) is 5.03 Å². The molecule has 1 aromatic rings. The summed E-state index contributed by atoms with van der Waals surface area (Å²) in [5.41, 5.74) is 0. The van der Waals surface area contributed by atoms with Crippen LogP contribution in [0.3, 0.4) is 0 Å². The summed E-state index contributed by atoms with van der Waals surface area (Å²) in [5.74, 6) is -0.183. The topological polar surface area (TPSA) is 81.1 Å². The molecule has 0 aliphatic carbocycles. The number of amides is 1. The molecule has 1 aromatic heterocycles. The molecule has 0 fully saturated rings. The van der Waals surface area contributed by atoms with E-state index < -0.39 is 15.1 Å². The smallest absolute Gasteiger partial charge is 0.280 e. The summed E-state index contributed by atoms with van der Waals surface area (Å²) >= 11 is 0. The molecule has 0 bridgehead atoms. The van der Waals surface area contributed by atoms with Gasteiger partial charge < -0.3 is 9.88 Å². The van der Waals surface area contributed by atoms with Crippen LogP contribution in [0.15, 0.2) is 17.6 Å². The number of nitrogens with zero attached hydrogens (tertiary/aromatic N) is 2. The number of hydrogen-bond donors (Lipinski definition) is 1. The quantitative estimate of drug-likeness (QED) is 0.811. The Hall–Kier alpha value is -1.08. The molecule has 0 saturated heterocycles. The van der Waals surface area contributed by atoms with Gasteiger partial charge in [0, 0.05) is 22.9 Å². The van der Waals surface area contributed by atoms with E-state index in [1.54, 1.807) is 6.92 Å². The maximum atomic E-state index is 11.9. The lowest BCUT2D eigenvalue weighted by Gasteiger charge is -2.17. The van der Waals surface area contributed by atoms with Gasteiger partial charge in [-0.1, -0.05) is 13.3 Å². The van der Waals surface area contributed by atoms with Gasteiger partial charge in [0.05, 0.1) is 6.33 Å². The van der Waals surface area contributed by atoms with Crippen LogP contribution in [0, 0.1) is 0 Å². The highest BCUT2D eigenvalue weighted by molar-refractivity contribution is 8.13. The third kappa shape index (κ3) is 4.50. The zero-order valence-electron chi connectivity index (χ0n) is 11.1. The molecule has 0 aliphatic heterocycles. The molecule has 2 unspecified atom stereocenters. The molecule has 108 valence electrons. The van der Waals surface area contributed by atoms with Crippen LogP contribution >= 0.6 is 10.7 Å². The van der Waals surface area contributed by atoms with Crippen LogP contribution in [0.1, 0.15) is 39.7 Å². The second-order valence-corrected chi connectivity index (χ2v) is 6.98. The molecule has 0 radical (unpaired) electrons. The molecule has 8 heteroatoms. The number of imidazole rings is 1. The fraction of sp³-hybridized carbons (Fsp3) is 0.636. The fourth-order valence-electron chi connectivity index (χ4n) is 1.66. The van der Waals surface area contributed by atoms with Gasteiger partial charge in [0.25, 0.3) is 9.05 Å². The molecule has 0 aromatic carbocycles. The van der Waals surface area contributed by atoms with Crippen molar-refractivity contribution in [3.05, 3.63) is 12.5 Å². The SMILES string of the molecule is CCCC(C)NC(=O)C(C)n1cnc(S(=O)(=O)Cl)c1. The number of rotatable bonds is 6. The Kier molecular flexibility index (Phi) is 5.37. The minimum Gasteiger partial charge on any atom is -0.352 e. The highest BCUT2D eigenvalue weighted by Gasteiger charge is 2.20. The normalized spacial score (nSPS) is 14.9. The van der Waals surface area contributed by atoms with Crippen molar-refractivity contribution in [1.82, 2.24) is 14.9 Å². The van der Waals surface area contributed by atoms with Crippen LogP contribution < -0.4 is 5.32 Å². The molecule has 1 heterocycles. The molecule has 2 atom stereocenters. The maximum absolute atomic E-state index is 11.9. The van der Waals surface area contributed by atoms with E-state index in [9.17, 15) is 13.2 Å². The van der Waals surface area contributed by atoms with E-state index >= 15 is 0 Å². The van der Waals surface area contributed by atoms with E-state index in [4.69, 9.17) is 10.7 Å². The summed E-state index contributed by atoms with van der Waals surface area (Å²) in [6.07, 6.45) is 4.40. The lowest BCUT2D eigenvalue weighted by atomic mass is 10.2. The first-order chi connectivity index (χ1) is 8.75. The molecule has 0 spiro atoms. The van der Waals surface area contributed by atoms with Crippen molar-refractivity contribution in [1.29, 1.82) is 0 Å². The maximum Gasteiger partial charge on any atom is 0.280 e. The standard InChI is InChI=1S/C11H18ClN3O3S/c1-4-5-8(2)14-11(16)9(3)15-6-10(13-7-15)19(12,17)18/h6-9H,4-5H2,1-3H3,(H,14,16). The molecule has 6 nitrogen and oxygen atoms in total. The lowest BCUT2D eigenvalue weighted by molar-refractivity contribution is -0.124. The molecule has 0 saturated carbocycles. The zero-order chi connectivity index (χ0) is 14.6. The monoisotopic (exact) mass is 307 g/mol. The van der Waals surface area contributed by atoms with Gasteiger partial charge in [-0.2, -0.15) is 0 Å². The predicted octanol–water partition coefficient (Wildman–Crippen LogP) is 1.68. The minimum atomic E-state index is -3.86. The van der Waals surface area contributed by atoms with E-state index in [-0.39, 0.29) is 17.0 Å².